The van der Waals surface area contributed by atoms with E-state index >= 15 is 0 Å². The fourth-order valence-electron chi connectivity index (χ4n) is 11.0. The van der Waals surface area contributed by atoms with Crippen LogP contribution in [0.25, 0.3) is 0 Å². The number of hydrogen-bond donors (Lipinski definition) is 0. The van der Waals surface area contributed by atoms with Gasteiger partial charge in [0.2, 0.25) is 0 Å². The van der Waals surface area contributed by atoms with Crippen LogP contribution >= 0.6 is 0 Å². The fourth-order valence-corrected chi connectivity index (χ4v) is 16.8. The van der Waals surface area contributed by atoms with Crippen LogP contribution in [0.15, 0.2) is 11.6 Å². The van der Waals surface area contributed by atoms with Crippen molar-refractivity contribution in [1.82, 2.24) is 0 Å². The maximum absolute atomic E-state index is 7.67. The minimum atomic E-state index is -1.77. The van der Waals surface area contributed by atoms with E-state index < -0.39 is 16.6 Å². The summed E-state index contributed by atoms with van der Waals surface area (Å²) in [6, 6.07) is 7.42. The minimum absolute atomic E-state index is 0.161. The fraction of sp³-hybridized carbons (Fsp3) is 0.947. The summed E-state index contributed by atoms with van der Waals surface area (Å²) in [5, 5.41) is 0. The molecule has 0 N–H and O–H groups in total. The maximum atomic E-state index is 7.67. The molecule has 0 aromatic heterocycles. The zero-order valence-electron chi connectivity index (χ0n) is 30.5. The van der Waals surface area contributed by atoms with E-state index in [9.17, 15) is 0 Å². The highest BCUT2D eigenvalue weighted by Gasteiger charge is 2.62. The molecule has 0 saturated heterocycles. The van der Waals surface area contributed by atoms with E-state index in [1.54, 1.807) is 5.57 Å². The van der Waals surface area contributed by atoms with E-state index in [1.165, 1.54) is 74.8 Å². The number of allylic oxidation sites excluding steroid dienone is 1. The summed E-state index contributed by atoms with van der Waals surface area (Å²) in [4.78, 5) is 0. The molecule has 3 nitrogen and oxygen atoms in total. The first-order chi connectivity index (χ1) is 20.4. The third kappa shape index (κ3) is 6.74. The van der Waals surface area contributed by atoms with Crippen LogP contribution in [0, 0.1) is 40.4 Å². The predicted octanol–water partition coefficient (Wildman–Crippen LogP) is 11.4. The first kappa shape index (κ1) is 35.9. The predicted molar refractivity (Wildman–Crippen MR) is 190 cm³/mol. The Morgan fingerprint density at radius 3 is 2.00 bits per heavy atom. The number of fused-ring (bicyclic) bond motifs is 5. The van der Waals surface area contributed by atoms with Gasteiger partial charge in [0.05, 0.1) is 18.3 Å². The molecule has 0 bridgehead atoms. The Balaban J connectivity index is 1.63. The molecule has 0 amide bonds. The lowest BCUT2D eigenvalue weighted by molar-refractivity contribution is -0.111. The Kier molecular flexibility index (Phi) is 12.1. The molecule has 0 aromatic carbocycles. The highest BCUT2D eigenvalue weighted by Crippen LogP contribution is 2.67. The zero-order chi connectivity index (χ0) is 31.6. The Hall–Kier alpha value is 0.0538. The summed E-state index contributed by atoms with van der Waals surface area (Å²) in [7, 11) is -3.45. The van der Waals surface area contributed by atoms with Gasteiger partial charge in [-0.2, -0.15) is 0 Å². The van der Waals surface area contributed by atoms with Crippen LogP contribution < -0.4 is 0 Å². The Bertz CT molecular complexity index is 910. The Morgan fingerprint density at radius 1 is 0.814 bits per heavy atom. The molecule has 0 radical (unpaired) electrons. The second-order valence-corrected chi connectivity index (χ2v) is 25.8. The second kappa shape index (κ2) is 14.4. The molecule has 0 unspecified atom stereocenters. The van der Waals surface area contributed by atoms with Crippen LogP contribution in [-0.4, -0.2) is 41.6 Å². The van der Waals surface area contributed by atoms with Crippen molar-refractivity contribution >= 4 is 16.6 Å². The number of ether oxygens (including phenoxy) is 1. The summed E-state index contributed by atoms with van der Waals surface area (Å²) in [5.74, 6) is 3.78. The van der Waals surface area contributed by atoms with Crippen molar-refractivity contribution in [3.05, 3.63) is 11.6 Å². The highest BCUT2D eigenvalue weighted by molar-refractivity contribution is 6.74. The van der Waals surface area contributed by atoms with Gasteiger partial charge in [0.25, 0.3) is 0 Å². The largest absolute Gasteiger partial charge is 0.414 e. The lowest BCUT2D eigenvalue weighted by Crippen LogP contribution is -2.59. The van der Waals surface area contributed by atoms with Gasteiger partial charge < -0.3 is 13.6 Å². The van der Waals surface area contributed by atoms with Gasteiger partial charge in [0, 0.05) is 12.0 Å². The summed E-state index contributed by atoms with van der Waals surface area (Å²) in [6.45, 7) is 27.7. The second-order valence-electron chi connectivity index (χ2n) is 16.4. The van der Waals surface area contributed by atoms with Gasteiger partial charge in [-0.25, -0.2) is 0 Å². The quantitative estimate of drug-likeness (QED) is 0.133. The van der Waals surface area contributed by atoms with Crippen LogP contribution in [0.3, 0.4) is 0 Å². The molecule has 43 heavy (non-hydrogen) atoms. The van der Waals surface area contributed by atoms with Crippen molar-refractivity contribution in [2.24, 2.45) is 40.4 Å². The summed E-state index contributed by atoms with van der Waals surface area (Å²) >= 11 is 0. The summed E-state index contributed by atoms with van der Waals surface area (Å²) in [6.07, 6.45) is 14.0. The molecule has 9 atom stereocenters. The van der Waals surface area contributed by atoms with Crippen LogP contribution in [-0.2, 0) is 13.6 Å². The molecule has 0 aromatic rings. The van der Waals surface area contributed by atoms with Gasteiger partial charge in [0.15, 0.2) is 16.6 Å². The standard InChI is InChI=1S/C38H72O3Si2/c1-12-42(13-2,14-3)40-31-26-30-18-19-32-34-21-20-33(29(9)39-25-23-28(7)8)37(34,10)24-22-35(32)38(30,11)36(27-31)41-43(15-4,16-5)17-6/h18,28-29,31-36H,12-17,19-27H2,1-11H3/t29-,31+,32-,33+,34-,35-,36-,37+,38-/m0/s1. The first-order valence-corrected chi connectivity index (χ1v) is 24.1. The molecule has 4 aliphatic carbocycles. The smallest absolute Gasteiger partial charge is 0.192 e. The van der Waals surface area contributed by atoms with E-state index in [1.807, 2.05) is 0 Å². The van der Waals surface area contributed by atoms with Crippen molar-refractivity contribution in [2.75, 3.05) is 6.61 Å². The van der Waals surface area contributed by atoms with E-state index in [-0.39, 0.29) is 5.41 Å². The average molecular weight is 633 g/mol. The van der Waals surface area contributed by atoms with Crippen LogP contribution in [0.2, 0.25) is 36.3 Å². The van der Waals surface area contributed by atoms with Crippen LogP contribution in [0.4, 0.5) is 0 Å². The van der Waals surface area contributed by atoms with Crippen molar-refractivity contribution < 1.29 is 13.6 Å². The molecular weight excluding hydrogens is 561 g/mol. The number of rotatable bonds is 15. The normalized spacial score (nSPS) is 37.1. The lowest BCUT2D eigenvalue weighted by Gasteiger charge is -2.61. The molecule has 5 heteroatoms. The van der Waals surface area contributed by atoms with Crippen molar-refractivity contribution in [3.8, 4) is 0 Å². The monoisotopic (exact) mass is 633 g/mol. The topological polar surface area (TPSA) is 27.7 Å². The zero-order valence-corrected chi connectivity index (χ0v) is 32.5. The molecule has 0 spiro atoms. The Morgan fingerprint density at radius 2 is 1.42 bits per heavy atom. The SMILES string of the molecule is CC[Si](CC)(CC)O[C@@H]1CC2=CC[C@H]3[C@@H]4CC[C@H]([C@H](C)OCCC(C)C)[C@@]4(C)CC[C@@H]3[C@@]2(C)[C@@H](O[Si](CC)(CC)CC)C1. The van der Waals surface area contributed by atoms with Gasteiger partial charge >= 0.3 is 0 Å². The van der Waals surface area contributed by atoms with Crippen molar-refractivity contribution in [3.63, 3.8) is 0 Å². The first-order valence-electron chi connectivity index (χ1n) is 19.1. The van der Waals surface area contributed by atoms with Gasteiger partial charge in [0.1, 0.15) is 0 Å². The van der Waals surface area contributed by atoms with Gasteiger partial charge in [-0.1, -0.05) is 80.9 Å². The van der Waals surface area contributed by atoms with E-state index in [0.717, 1.165) is 37.2 Å². The average Bonchev–Trinajstić information content (AvgIpc) is 3.36. The molecule has 3 saturated carbocycles. The summed E-state index contributed by atoms with van der Waals surface area (Å²) in [5.41, 5.74) is 2.30. The number of hydrogen-bond acceptors (Lipinski definition) is 3. The molecular formula is C38H72O3Si2. The van der Waals surface area contributed by atoms with Gasteiger partial charge in [-0.15, -0.1) is 0 Å². The lowest BCUT2D eigenvalue weighted by atomic mass is 9.46. The van der Waals surface area contributed by atoms with Crippen LogP contribution in [0.1, 0.15) is 128 Å². The van der Waals surface area contributed by atoms with Crippen molar-refractivity contribution in [2.45, 2.75) is 182 Å². The van der Waals surface area contributed by atoms with E-state index in [0.29, 0.717) is 35.6 Å². The molecule has 4 aliphatic rings. The van der Waals surface area contributed by atoms with E-state index in [4.69, 9.17) is 13.6 Å². The molecule has 3 fully saturated rings. The molecule has 4 rings (SSSR count). The van der Waals surface area contributed by atoms with E-state index in [2.05, 4.69) is 82.2 Å². The molecule has 0 heterocycles. The molecule has 250 valence electrons. The minimum Gasteiger partial charge on any atom is -0.414 e. The highest BCUT2D eigenvalue weighted by atomic mass is 28.4. The van der Waals surface area contributed by atoms with Crippen molar-refractivity contribution in [1.29, 1.82) is 0 Å². The molecule has 0 aliphatic heterocycles. The van der Waals surface area contributed by atoms with Gasteiger partial charge in [-0.3, -0.25) is 0 Å². The summed E-state index contributed by atoms with van der Waals surface area (Å²) < 4.78 is 21.5. The Labute approximate surface area is 270 Å². The third-order valence-corrected chi connectivity index (χ3v) is 23.9. The third-order valence-electron chi connectivity index (χ3n) is 14.5. The van der Waals surface area contributed by atoms with Gasteiger partial charge in [-0.05, 0) is 130 Å². The van der Waals surface area contributed by atoms with Crippen LogP contribution in [0.5, 0.6) is 0 Å². The maximum Gasteiger partial charge on any atom is 0.192 e.